The fourth-order valence-corrected chi connectivity index (χ4v) is 5.22. The predicted molar refractivity (Wildman–Crippen MR) is 140 cm³/mol. The van der Waals surface area contributed by atoms with E-state index >= 15 is 0 Å². The molecule has 0 radical (unpaired) electrons. The average molecular weight is 487 g/mol. The molecule has 5 rings (SSSR count). The second-order valence-corrected chi connectivity index (χ2v) is 9.73. The largest absolute Gasteiger partial charge is 0.336 e. The Morgan fingerprint density at radius 2 is 1.69 bits per heavy atom. The van der Waals surface area contributed by atoms with E-state index in [4.69, 9.17) is 4.98 Å². The zero-order valence-corrected chi connectivity index (χ0v) is 20.4. The number of carbonyl (C=O) groups is 1. The summed E-state index contributed by atoms with van der Waals surface area (Å²) in [6, 6.07) is 24.4. The Morgan fingerprint density at radius 3 is 2.40 bits per heavy atom. The first-order valence-corrected chi connectivity index (χ1v) is 12.6. The van der Waals surface area contributed by atoms with Gasteiger partial charge in [-0.25, -0.2) is 9.37 Å². The normalized spacial score (nSPS) is 13.6. The molecule has 5 nitrogen and oxygen atoms in total. The average Bonchev–Trinajstić information content (AvgIpc) is 3.30. The topological polar surface area (TPSA) is 48.5 Å². The van der Waals surface area contributed by atoms with E-state index in [1.807, 2.05) is 77.4 Å². The molecule has 1 N–H and O–H groups in total. The van der Waals surface area contributed by atoms with E-state index in [1.165, 1.54) is 6.07 Å². The molecule has 35 heavy (non-hydrogen) atoms. The summed E-state index contributed by atoms with van der Waals surface area (Å²) >= 11 is 1.55. The molecule has 0 atom stereocenters. The van der Waals surface area contributed by atoms with Crippen LogP contribution in [-0.4, -0.2) is 42.0 Å². The van der Waals surface area contributed by atoms with Crippen LogP contribution in [0.15, 0.2) is 78.9 Å². The number of piperazine rings is 1. The van der Waals surface area contributed by atoms with Gasteiger partial charge in [0.1, 0.15) is 5.82 Å². The maximum Gasteiger partial charge on any atom is 0.253 e. The molecular formula is C28H27FN4OS. The number of carbonyl (C=O) groups excluding carboxylic acids is 1. The highest BCUT2D eigenvalue weighted by Crippen LogP contribution is 2.37. The summed E-state index contributed by atoms with van der Waals surface area (Å²) in [5, 5.41) is 4.00. The summed E-state index contributed by atoms with van der Waals surface area (Å²) in [5.74, 6) is -0.251. The van der Waals surface area contributed by atoms with Gasteiger partial charge in [0.25, 0.3) is 5.91 Å². The molecule has 178 valence electrons. The Kier molecular flexibility index (Phi) is 6.88. The minimum atomic E-state index is -0.299. The number of hydrogen-bond acceptors (Lipinski definition) is 5. The summed E-state index contributed by atoms with van der Waals surface area (Å²) in [6.45, 7) is 5.55. The Labute approximate surface area is 208 Å². The fourth-order valence-electron chi connectivity index (χ4n) is 4.27. The van der Waals surface area contributed by atoms with Crippen molar-refractivity contribution in [2.24, 2.45) is 0 Å². The number of anilines is 2. The van der Waals surface area contributed by atoms with Crippen LogP contribution in [0.1, 0.15) is 20.8 Å². The molecule has 1 aliphatic heterocycles. The van der Waals surface area contributed by atoms with E-state index in [1.54, 1.807) is 23.5 Å². The van der Waals surface area contributed by atoms with Gasteiger partial charge in [0.05, 0.1) is 17.9 Å². The highest BCUT2D eigenvalue weighted by molar-refractivity contribution is 7.16. The molecule has 4 aromatic rings. The Balaban J connectivity index is 1.44. The number of thiazole rings is 1. The first kappa shape index (κ1) is 23.2. The lowest BCUT2D eigenvalue weighted by molar-refractivity contribution is 0.0736. The number of halogens is 1. The van der Waals surface area contributed by atoms with Crippen LogP contribution in [0.5, 0.6) is 0 Å². The monoisotopic (exact) mass is 486 g/mol. The summed E-state index contributed by atoms with van der Waals surface area (Å²) < 4.78 is 14.9. The molecule has 1 aromatic heterocycles. The minimum absolute atomic E-state index is 0.0482. The Bertz CT molecular complexity index is 1300. The van der Waals surface area contributed by atoms with Gasteiger partial charge in [0.15, 0.2) is 5.13 Å². The van der Waals surface area contributed by atoms with E-state index in [-0.39, 0.29) is 11.7 Å². The Morgan fingerprint density at radius 1 is 1.00 bits per heavy atom. The molecule has 1 aliphatic rings. The van der Waals surface area contributed by atoms with Gasteiger partial charge in [-0.1, -0.05) is 54.6 Å². The third-order valence-electron chi connectivity index (χ3n) is 6.15. The van der Waals surface area contributed by atoms with Gasteiger partial charge in [-0.15, -0.1) is 11.3 Å². The quantitative estimate of drug-likeness (QED) is 0.383. The number of hydrogen-bond donors (Lipinski definition) is 1. The molecule has 1 amide bonds. The number of nitrogens with zero attached hydrogens (tertiary/aromatic N) is 3. The van der Waals surface area contributed by atoms with Gasteiger partial charge in [-0.3, -0.25) is 4.79 Å². The fraction of sp³-hybridized carbons (Fsp3) is 0.214. The summed E-state index contributed by atoms with van der Waals surface area (Å²) in [6.07, 6.45) is 0. The maximum atomic E-state index is 14.9. The predicted octanol–water partition coefficient (Wildman–Crippen LogP) is 5.64. The molecule has 0 spiro atoms. The number of nitrogens with one attached hydrogen (secondary N) is 1. The molecule has 2 heterocycles. The van der Waals surface area contributed by atoms with E-state index in [0.717, 1.165) is 53.0 Å². The summed E-state index contributed by atoms with van der Waals surface area (Å²) in [5.41, 5.74) is 4.06. The first-order chi connectivity index (χ1) is 17.1. The zero-order valence-electron chi connectivity index (χ0n) is 19.6. The van der Waals surface area contributed by atoms with Crippen LogP contribution in [0.25, 0.3) is 11.3 Å². The third-order valence-corrected chi connectivity index (χ3v) is 7.15. The van der Waals surface area contributed by atoms with Crippen molar-refractivity contribution in [1.82, 2.24) is 15.2 Å². The van der Waals surface area contributed by atoms with Gasteiger partial charge in [0, 0.05) is 42.2 Å². The number of aromatic nitrogens is 1. The molecule has 1 fully saturated rings. The zero-order chi connectivity index (χ0) is 24.2. The van der Waals surface area contributed by atoms with Crippen LogP contribution in [0.4, 0.5) is 15.2 Å². The third kappa shape index (κ3) is 5.11. The number of rotatable bonds is 6. The van der Waals surface area contributed by atoms with Crippen molar-refractivity contribution >= 4 is 28.1 Å². The number of amides is 1. The lowest BCUT2D eigenvalue weighted by Crippen LogP contribution is -2.46. The highest BCUT2D eigenvalue weighted by atomic mass is 32.1. The van der Waals surface area contributed by atoms with Gasteiger partial charge < -0.3 is 15.1 Å². The van der Waals surface area contributed by atoms with Crippen molar-refractivity contribution in [1.29, 1.82) is 0 Å². The van der Waals surface area contributed by atoms with E-state index in [0.29, 0.717) is 17.8 Å². The number of benzene rings is 3. The van der Waals surface area contributed by atoms with Gasteiger partial charge in [-0.05, 0) is 36.8 Å². The second kappa shape index (κ2) is 10.4. The first-order valence-electron chi connectivity index (χ1n) is 11.7. The molecule has 0 aliphatic carbocycles. The van der Waals surface area contributed by atoms with Crippen molar-refractivity contribution in [2.45, 2.75) is 13.5 Å². The van der Waals surface area contributed by atoms with Gasteiger partial charge in [-0.2, -0.15) is 0 Å². The van der Waals surface area contributed by atoms with Crippen LogP contribution < -0.4 is 10.2 Å². The SMILES string of the molecule is Cc1sc(N(Cc2ccc(C(=O)N3CCNCC3)cc2)c2ccccc2F)nc1-c1ccccc1. The van der Waals surface area contributed by atoms with Crippen LogP contribution >= 0.6 is 11.3 Å². The summed E-state index contributed by atoms with van der Waals surface area (Å²) in [4.78, 5) is 22.6. The van der Waals surface area contributed by atoms with Gasteiger partial charge in [0.2, 0.25) is 0 Å². The van der Waals surface area contributed by atoms with Crippen molar-refractivity contribution in [3.05, 3.63) is 101 Å². The van der Waals surface area contributed by atoms with E-state index in [9.17, 15) is 9.18 Å². The maximum absolute atomic E-state index is 14.9. The minimum Gasteiger partial charge on any atom is -0.336 e. The molecule has 0 unspecified atom stereocenters. The van der Waals surface area contributed by atoms with Gasteiger partial charge >= 0.3 is 0 Å². The molecule has 0 saturated carbocycles. The molecule has 1 saturated heterocycles. The number of para-hydroxylation sites is 1. The van der Waals surface area contributed by atoms with Crippen molar-refractivity contribution in [2.75, 3.05) is 31.1 Å². The van der Waals surface area contributed by atoms with E-state index < -0.39 is 0 Å². The molecular weight excluding hydrogens is 459 g/mol. The van der Waals surface area contributed by atoms with Crippen LogP contribution in [0.2, 0.25) is 0 Å². The summed E-state index contributed by atoms with van der Waals surface area (Å²) in [7, 11) is 0. The lowest BCUT2D eigenvalue weighted by atomic mass is 10.1. The van der Waals surface area contributed by atoms with Crippen LogP contribution in [-0.2, 0) is 6.54 Å². The van der Waals surface area contributed by atoms with Crippen molar-refractivity contribution in [3.8, 4) is 11.3 Å². The van der Waals surface area contributed by atoms with Crippen molar-refractivity contribution in [3.63, 3.8) is 0 Å². The second-order valence-electron chi connectivity index (χ2n) is 8.54. The smallest absolute Gasteiger partial charge is 0.253 e. The highest BCUT2D eigenvalue weighted by Gasteiger charge is 2.21. The molecule has 3 aromatic carbocycles. The molecule has 0 bridgehead atoms. The molecule has 7 heteroatoms. The van der Waals surface area contributed by atoms with Crippen molar-refractivity contribution < 1.29 is 9.18 Å². The number of aryl methyl sites for hydroxylation is 1. The van der Waals surface area contributed by atoms with E-state index in [2.05, 4.69) is 5.32 Å². The standard InChI is InChI=1S/C28H27FN4OS/c1-20-26(22-7-3-2-4-8-22)31-28(35-20)33(25-10-6-5-9-24(25)29)19-21-11-13-23(14-12-21)27(34)32-17-15-30-16-18-32/h2-14,30H,15-19H2,1H3. The van der Waals surface area contributed by atoms with Crippen LogP contribution in [0.3, 0.4) is 0 Å². The Hall–Kier alpha value is -3.55. The lowest BCUT2D eigenvalue weighted by Gasteiger charge is -2.27. The van der Waals surface area contributed by atoms with Crippen LogP contribution in [0, 0.1) is 12.7 Å².